The summed E-state index contributed by atoms with van der Waals surface area (Å²) < 4.78 is 0. The molecule has 4 N–H and O–H groups in total. The highest BCUT2D eigenvalue weighted by Gasteiger charge is 2.22. The smallest absolute Gasteiger partial charge is 0.248 e. The Morgan fingerprint density at radius 1 is 0.900 bits per heavy atom. The molecule has 3 rings (SSSR count). The van der Waals surface area contributed by atoms with Gasteiger partial charge in [0.25, 0.3) is 0 Å². The first-order valence-electron chi connectivity index (χ1n) is 9.95. The van der Waals surface area contributed by atoms with Crippen LogP contribution in [0.4, 0.5) is 5.69 Å². The van der Waals surface area contributed by atoms with Gasteiger partial charge in [0.15, 0.2) is 0 Å². The van der Waals surface area contributed by atoms with Crippen molar-refractivity contribution in [3.63, 3.8) is 0 Å². The maximum atomic E-state index is 12.7. The second-order valence-corrected chi connectivity index (χ2v) is 8.57. The summed E-state index contributed by atoms with van der Waals surface area (Å²) in [5.74, 6) is -0.176. The first-order valence-corrected chi connectivity index (χ1v) is 10.8. The Balaban J connectivity index is 1.73. The highest BCUT2D eigenvalue weighted by Crippen LogP contribution is 2.28. The number of benzene rings is 2. The third kappa shape index (κ3) is 5.34. The summed E-state index contributed by atoms with van der Waals surface area (Å²) in [5, 5.41) is 8.38. The number of nitrogens with two attached hydrogens (primary N) is 1. The van der Waals surface area contributed by atoms with Gasteiger partial charge in [-0.2, -0.15) is 0 Å². The van der Waals surface area contributed by atoms with Gasteiger partial charge in [-0.25, -0.2) is 0 Å². The fourth-order valence-corrected chi connectivity index (χ4v) is 3.98. The molecule has 0 spiro atoms. The fourth-order valence-electron chi connectivity index (χ4n) is 3.17. The Morgan fingerprint density at radius 3 is 2.07 bits per heavy atom. The number of carbonyl (C=O) groups excluding carboxylic acids is 2. The van der Waals surface area contributed by atoms with Gasteiger partial charge >= 0.3 is 0 Å². The highest BCUT2D eigenvalue weighted by atomic mass is 32.1. The van der Waals surface area contributed by atoms with Crippen molar-refractivity contribution in [2.45, 2.75) is 38.8 Å². The summed E-state index contributed by atoms with van der Waals surface area (Å²) in [6.45, 7) is 6.19. The minimum Gasteiger partial charge on any atom is -0.366 e. The summed E-state index contributed by atoms with van der Waals surface area (Å²) >= 11 is 1.66. The van der Waals surface area contributed by atoms with Gasteiger partial charge in [0.2, 0.25) is 11.8 Å². The predicted molar refractivity (Wildman–Crippen MR) is 123 cm³/mol. The molecule has 1 aromatic heterocycles. The van der Waals surface area contributed by atoms with E-state index >= 15 is 0 Å². The van der Waals surface area contributed by atoms with Gasteiger partial charge < -0.3 is 11.1 Å². The Labute approximate surface area is 181 Å². The molecule has 0 aliphatic carbocycles. The van der Waals surface area contributed by atoms with Gasteiger partial charge in [-0.15, -0.1) is 11.3 Å². The molecule has 0 fully saturated rings. The van der Waals surface area contributed by atoms with Gasteiger partial charge in [0.05, 0.1) is 12.1 Å². The van der Waals surface area contributed by atoms with E-state index in [1.165, 1.54) is 5.56 Å². The zero-order valence-corrected chi connectivity index (χ0v) is 18.2. The molecular formula is C24H27N3O2S. The molecule has 0 aliphatic rings. The second-order valence-electron chi connectivity index (χ2n) is 7.59. The zero-order chi connectivity index (χ0) is 21.7. The topological polar surface area (TPSA) is 84.2 Å². The maximum Gasteiger partial charge on any atom is 0.248 e. The van der Waals surface area contributed by atoms with Crippen molar-refractivity contribution in [3.8, 4) is 0 Å². The standard InChI is InChI=1S/C24H27N3O2S/c1-15(2)17-6-8-18(9-7-17)22(21-5-4-14-30-21)26-16(3)24(29)27-20-12-10-19(11-13-20)23(25)28/h4-16,22,26H,1-3H3,(H2,25,28)(H,27,29)/t16-,22-/m1/s1. The number of amides is 2. The fraction of sp³-hybridized carbons (Fsp3) is 0.250. The molecule has 5 nitrogen and oxygen atoms in total. The first kappa shape index (κ1) is 21.7. The average molecular weight is 422 g/mol. The Hall–Kier alpha value is -2.96. The molecule has 3 aromatic rings. The van der Waals surface area contributed by atoms with Crippen LogP contribution < -0.4 is 16.4 Å². The molecule has 156 valence electrons. The van der Waals surface area contributed by atoms with Crippen molar-refractivity contribution in [1.29, 1.82) is 0 Å². The van der Waals surface area contributed by atoms with Crippen molar-refractivity contribution < 1.29 is 9.59 Å². The molecule has 2 aromatic carbocycles. The molecule has 0 radical (unpaired) electrons. The van der Waals surface area contributed by atoms with E-state index < -0.39 is 11.9 Å². The van der Waals surface area contributed by atoms with E-state index in [-0.39, 0.29) is 11.9 Å². The minimum absolute atomic E-state index is 0.0794. The predicted octanol–water partition coefficient (Wildman–Crippen LogP) is 4.68. The monoisotopic (exact) mass is 421 g/mol. The first-order chi connectivity index (χ1) is 14.3. The summed E-state index contributed by atoms with van der Waals surface area (Å²) in [4.78, 5) is 25.1. The van der Waals surface area contributed by atoms with Gasteiger partial charge in [0, 0.05) is 16.1 Å². The number of carbonyl (C=O) groups is 2. The molecular weight excluding hydrogens is 394 g/mol. The average Bonchev–Trinajstić information content (AvgIpc) is 3.26. The van der Waals surface area contributed by atoms with Crippen LogP contribution in [0.2, 0.25) is 0 Å². The Morgan fingerprint density at radius 2 is 1.53 bits per heavy atom. The molecule has 0 aliphatic heterocycles. The molecule has 2 amide bonds. The molecule has 0 saturated heterocycles. The molecule has 30 heavy (non-hydrogen) atoms. The van der Waals surface area contributed by atoms with E-state index in [0.717, 1.165) is 10.4 Å². The highest BCUT2D eigenvalue weighted by molar-refractivity contribution is 7.10. The number of hydrogen-bond donors (Lipinski definition) is 3. The van der Waals surface area contributed by atoms with Crippen LogP contribution in [0, 0.1) is 0 Å². The zero-order valence-electron chi connectivity index (χ0n) is 17.4. The van der Waals surface area contributed by atoms with E-state index in [1.807, 2.05) is 18.4 Å². The van der Waals surface area contributed by atoms with Crippen LogP contribution in [0.25, 0.3) is 0 Å². The Kier molecular flexibility index (Phi) is 7.03. The number of rotatable bonds is 8. The van der Waals surface area contributed by atoms with Crippen molar-refractivity contribution in [1.82, 2.24) is 5.32 Å². The van der Waals surface area contributed by atoms with E-state index in [2.05, 4.69) is 54.8 Å². The van der Waals surface area contributed by atoms with Crippen LogP contribution in [-0.2, 0) is 4.79 Å². The minimum atomic E-state index is -0.495. The SMILES string of the molecule is CC(C)c1ccc([C@@H](N[C@H](C)C(=O)Nc2ccc(C(N)=O)cc2)c2cccs2)cc1. The lowest BCUT2D eigenvalue weighted by Gasteiger charge is -2.23. The second kappa shape index (κ2) is 9.69. The largest absolute Gasteiger partial charge is 0.366 e. The van der Waals surface area contributed by atoms with Gasteiger partial charge in [-0.1, -0.05) is 44.2 Å². The van der Waals surface area contributed by atoms with Gasteiger partial charge in [-0.3, -0.25) is 14.9 Å². The number of anilines is 1. The lowest BCUT2D eigenvalue weighted by Crippen LogP contribution is -2.40. The normalized spacial score (nSPS) is 13.1. The van der Waals surface area contributed by atoms with E-state index in [9.17, 15) is 9.59 Å². The molecule has 6 heteroatoms. The van der Waals surface area contributed by atoms with Crippen LogP contribution in [0.1, 0.15) is 59.1 Å². The van der Waals surface area contributed by atoms with E-state index in [0.29, 0.717) is 17.2 Å². The van der Waals surface area contributed by atoms with E-state index in [4.69, 9.17) is 5.73 Å². The van der Waals surface area contributed by atoms with Crippen molar-refractivity contribution in [2.75, 3.05) is 5.32 Å². The number of thiophene rings is 1. The van der Waals surface area contributed by atoms with Crippen molar-refractivity contribution in [2.24, 2.45) is 5.73 Å². The lowest BCUT2D eigenvalue weighted by atomic mass is 9.98. The van der Waals surface area contributed by atoms with Crippen LogP contribution in [0.5, 0.6) is 0 Å². The number of primary amides is 1. The molecule has 0 bridgehead atoms. The lowest BCUT2D eigenvalue weighted by molar-refractivity contribution is -0.117. The number of nitrogens with one attached hydrogen (secondary N) is 2. The van der Waals surface area contributed by atoms with Crippen LogP contribution in [0.3, 0.4) is 0 Å². The quantitative estimate of drug-likeness (QED) is 0.494. The molecule has 0 unspecified atom stereocenters. The third-order valence-electron chi connectivity index (χ3n) is 5.01. The number of hydrogen-bond acceptors (Lipinski definition) is 4. The summed E-state index contributed by atoms with van der Waals surface area (Å²) in [5.41, 5.74) is 8.69. The van der Waals surface area contributed by atoms with Crippen molar-refractivity contribution >= 4 is 28.8 Å². The van der Waals surface area contributed by atoms with Crippen LogP contribution >= 0.6 is 11.3 Å². The molecule has 1 heterocycles. The van der Waals surface area contributed by atoms with Crippen molar-refractivity contribution in [3.05, 3.63) is 87.6 Å². The maximum absolute atomic E-state index is 12.7. The summed E-state index contributed by atoms with van der Waals surface area (Å²) in [6, 6.07) is 18.7. The van der Waals surface area contributed by atoms with Gasteiger partial charge in [-0.05, 0) is 59.7 Å². The molecule has 2 atom stereocenters. The summed E-state index contributed by atoms with van der Waals surface area (Å²) in [7, 11) is 0. The molecule has 0 saturated carbocycles. The van der Waals surface area contributed by atoms with Gasteiger partial charge in [0.1, 0.15) is 0 Å². The van der Waals surface area contributed by atoms with Crippen LogP contribution in [0.15, 0.2) is 66.0 Å². The van der Waals surface area contributed by atoms with Crippen LogP contribution in [-0.4, -0.2) is 17.9 Å². The summed E-state index contributed by atoms with van der Waals surface area (Å²) in [6.07, 6.45) is 0. The van der Waals surface area contributed by atoms with E-state index in [1.54, 1.807) is 35.6 Å². The Bertz CT molecular complexity index is 980. The third-order valence-corrected chi connectivity index (χ3v) is 5.95.